The molecule has 0 aromatic heterocycles. The normalized spacial score (nSPS) is 10.2. The van der Waals surface area contributed by atoms with Crippen LogP contribution >= 0.6 is 11.6 Å². The van der Waals surface area contributed by atoms with E-state index in [9.17, 15) is 9.18 Å². The van der Waals surface area contributed by atoms with Gasteiger partial charge in [-0.15, -0.1) is 0 Å². The highest BCUT2D eigenvalue weighted by atomic mass is 35.5. The number of carbonyl (C=O) groups excluding carboxylic acids is 1. The average Bonchev–Trinajstić information content (AvgIpc) is 2.33. The molecule has 2 rings (SSSR count). The van der Waals surface area contributed by atoms with Crippen molar-refractivity contribution in [3.05, 3.63) is 64.4 Å². The highest BCUT2D eigenvalue weighted by Gasteiger charge is 2.10. The van der Waals surface area contributed by atoms with Gasteiger partial charge in [-0.1, -0.05) is 11.6 Å². The molecule has 0 amide bonds. The quantitative estimate of drug-likeness (QED) is 0.656. The maximum atomic E-state index is 13.2. The van der Waals surface area contributed by atoms with Crippen molar-refractivity contribution in [1.29, 1.82) is 0 Å². The molecule has 0 radical (unpaired) electrons. The monoisotopic (exact) mass is 249 g/mol. The van der Waals surface area contributed by atoms with Gasteiger partial charge in [-0.2, -0.15) is 0 Å². The third-order valence-corrected chi connectivity index (χ3v) is 2.62. The number of rotatable bonds is 2. The minimum atomic E-state index is -0.593. The van der Waals surface area contributed by atoms with Crippen molar-refractivity contribution < 1.29 is 9.18 Å². The van der Waals surface area contributed by atoms with Gasteiger partial charge in [0.2, 0.25) is 0 Å². The van der Waals surface area contributed by atoms with Gasteiger partial charge in [-0.3, -0.25) is 4.79 Å². The van der Waals surface area contributed by atoms with Crippen LogP contribution in [0.3, 0.4) is 0 Å². The predicted molar refractivity (Wildman–Crippen MR) is 65.7 cm³/mol. The molecular weight excluding hydrogens is 241 g/mol. The van der Waals surface area contributed by atoms with Crippen molar-refractivity contribution in [2.45, 2.75) is 0 Å². The molecule has 2 aromatic rings. The molecule has 0 aliphatic carbocycles. The molecule has 17 heavy (non-hydrogen) atoms. The minimum absolute atomic E-state index is 0.0256. The Bertz CT molecular complexity index is 566. The van der Waals surface area contributed by atoms with Crippen LogP contribution in [0.25, 0.3) is 0 Å². The van der Waals surface area contributed by atoms with Crippen molar-refractivity contribution in [3.8, 4) is 0 Å². The molecule has 2 nitrogen and oxygen atoms in total. The minimum Gasteiger partial charge on any atom is -0.396 e. The number of benzene rings is 2. The third kappa shape index (κ3) is 2.45. The summed E-state index contributed by atoms with van der Waals surface area (Å²) < 4.78 is 13.2. The lowest BCUT2D eigenvalue weighted by atomic mass is 10.0. The lowest BCUT2D eigenvalue weighted by Crippen LogP contribution is -2.02. The zero-order chi connectivity index (χ0) is 12.4. The summed E-state index contributed by atoms with van der Waals surface area (Å²) in [6, 6.07) is 10.4. The summed E-state index contributed by atoms with van der Waals surface area (Å²) in [4.78, 5) is 12.0. The largest absolute Gasteiger partial charge is 0.396 e. The van der Waals surface area contributed by atoms with Crippen molar-refractivity contribution in [3.63, 3.8) is 0 Å². The van der Waals surface area contributed by atoms with Gasteiger partial charge in [-0.25, -0.2) is 4.39 Å². The highest BCUT2D eigenvalue weighted by molar-refractivity contribution is 6.30. The summed E-state index contributed by atoms with van der Waals surface area (Å²) in [6.07, 6.45) is 0. The van der Waals surface area contributed by atoms with Crippen molar-refractivity contribution in [2.75, 3.05) is 5.73 Å². The smallest absolute Gasteiger partial charge is 0.193 e. The Balaban J connectivity index is 2.37. The van der Waals surface area contributed by atoms with E-state index in [-0.39, 0.29) is 17.0 Å². The van der Waals surface area contributed by atoms with Gasteiger partial charge in [0.1, 0.15) is 5.82 Å². The fourth-order valence-corrected chi connectivity index (χ4v) is 1.56. The molecule has 0 saturated heterocycles. The first-order chi connectivity index (χ1) is 8.08. The van der Waals surface area contributed by atoms with Gasteiger partial charge in [0.25, 0.3) is 0 Å². The number of anilines is 1. The summed E-state index contributed by atoms with van der Waals surface area (Å²) in [7, 11) is 0. The van der Waals surface area contributed by atoms with E-state index >= 15 is 0 Å². The molecule has 0 saturated carbocycles. The third-order valence-electron chi connectivity index (χ3n) is 2.37. The second-order valence-electron chi connectivity index (χ2n) is 3.57. The summed E-state index contributed by atoms with van der Waals surface area (Å²) in [5.41, 5.74) is 6.09. The van der Waals surface area contributed by atoms with Gasteiger partial charge in [-0.05, 0) is 42.5 Å². The Morgan fingerprint density at radius 3 is 2.24 bits per heavy atom. The molecule has 2 N–H and O–H groups in total. The summed E-state index contributed by atoms with van der Waals surface area (Å²) in [5.74, 6) is -0.856. The van der Waals surface area contributed by atoms with Crippen molar-refractivity contribution in [2.24, 2.45) is 0 Å². The number of nitrogens with two attached hydrogens (primary N) is 1. The van der Waals surface area contributed by atoms with Gasteiger partial charge in [0, 0.05) is 16.1 Å². The molecule has 0 atom stereocenters. The average molecular weight is 250 g/mol. The molecule has 0 bridgehead atoms. The maximum absolute atomic E-state index is 13.2. The standard InChI is InChI=1S/C13H9ClFNO/c14-10-4-1-8(2-5-10)13(17)9-3-6-12(16)11(15)7-9/h1-7H,16H2. The second kappa shape index (κ2) is 4.55. The number of carbonyl (C=O) groups is 1. The molecule has 0 aliphatic rings. The van der Waals surface area contributed by atoms with Crippen LogP contribution < -0.4 is 5.73 Å². The van der Waals surface area contributed by atoms with E-state index in [1.54, 1.807) is 24.3 Å². The maximum Gasteiger partial charge on any atom is 0.193 e. The Morgan fingerprint density at radius 1 is 1.06 bits per heavy atom. The lowest BCUT2D eigenvalue weighted by molar-refractivity contribution is 0.103. The van der Waals surface area contributed by atoms with Crippen LogP contribution in [-0.4, -0.2) is 5.78 Å². The Hall–Kier alpha value is -1.87. The molecule has 0 fully saturated rings. The van der Waals surface area contributed by atoms with Crippen LogP contribution in [0.2, 0.25) is 5.02 Å². The fourth-order valence-electron chi connectivity index (χ4n) is 1.44. The molecule has 0 spiro atoms. The predicted octanol–water partition coefficient (Wildman–Crippen LogP) is 3.29. The summed E-state index contributed by atoms with van der Waals surface area (Å²) >= 11 is 5.72. The second-order valence-corrected chi connectivity index (χ2v) is 4.01. The molecule has 0 heterocycles. The molecule has 4 heteroatoms. The van der Waals surface area contributed by atoms with Crippen molar-refractivity contribution >= 4 is 23.1 Å². The molecule has 86 valence electrons. The molecule has 0 aliphatic heterocycles. The van der Waals surface area contributed by atoms with E-state index in [1.165, 1.54) is 12.1 Å². The van der Waals surface area contributed by atoms with Gasteiger partial charge in [0.15, 0.2) is 5.78 Å². The zero-order valence-electron chi connectivity index (χ0n) is 8.78. The van der Waals surface area contributed by atoms with Gasteiger partial charge >= 0.3 is 0 Å². The van der Waals surface area contributed by atoms with E-state index in [4.69, 9.17) is 17.3 Å². The molecule has 0 unspecified atom stereocenters. The van der Waals surface area contributed by atoms with Gasteiger partial charge in [0.05, 0.1) is 5.69 Å². The van der Waals surface area contributed by atoms with Crippen LogP contribution in [0.15, 0.2) is 42.5 Å². The zero-order valence-corrected chi connectivity index (χ0v) is 9.54. The van der Waals surface area contributed by atoms with Crippen LogP contribution in [0.5, 0.6) is 0 Å². The first-order valence-corrected chi connectivity index (χ1v) is 5.31. The summed E-state index contributed by atoms with van der Waals surface area (Å²) in [6.45, 7) is 0. The Kier molecular flexibility index (Phi) is 3.11. The van der Waals surface area contributed by atoms with Crippen LogP contribution in [0.4, 0.5) is 10.1 Å². The van der Waals surface area contributed by atoms with Crippen molar-refractivity contribution in [1.82, 2.24) is 0 Å². The van der Waals surface area contributed by atoms with Crippen LogP contribution in [0.1, 0.15) is 15.9 Å². The van der Waals surface area contributed by atoms with E-state index in [0.717, 1.165) is 6.07 Å². The number of hydrogen-bond acceptors (Lipinski definition) is 2. The number of nitrogen functional groups attached to an aromatic ring is 1. The van der Waals surface area contributed by atoms with Crippen LogP contribution in [-0.2, 0) is 0 Å². The van der Waals surface area contributed by atoms with E-state index < -0.39 is 5.82 Å². The highest BCUT2D eigenvalue weighted by Crippen LogP contribution is 2.17. The Labute approximate surface area is 103 Å². The fraction of sp³-hybridized carbons (Fsp3) is 0. The first kappa shape index (κ1) is 11.6. The van der Waals surface area contributed by atoms with E-state index in [2.05, 4.69) is 0 Å². The number of ketones is 1. The molecular formula is C13H9ClFNO. The van der Waals surface area contributed by atoms with Gasteiger partial charge < -0.3 is 5.73 Å². The lowest BCUT2D eigenvalue weighted by Gasteiger charge is -2.03. The topological polar surface area (TPSA) is 43.1 Å². The van der Waals surface area contributed by atoms with Crippen LogP contribution in [0, 0.1) is 5.82 Å². The summed E-state index contributed by atoms with van der Waals surface area (Å²) in [5, 5.41) is 0.546. The van der Waals surface area contributed by atoms with E-state index in [0.29, 0.717) is 10.6 Å². The first-order valence-electron chi connectivity index (χ1n) is 4.93. The number of hydrogen-bond donors (Lipinski definition) is 1. The number of halogens is 2. The SMILES string of the molecule is Nc1ccc(C(=O)c2ccc(Cl)cc2)cc1F. The molecule has 2 aromatic carbocycles. The van der Waals surface area contributed by atoms with E-state index in [1.807, 2.05) is 0 Å². The Morgan fingerprint density at radius 2 is 1.65 bits per heavy atom.